The van der Waals surface area contributed by atoms with Gasteiger partial charge in [0.2, 0.25) is 0 Å². The van der Waals surface area contributed by atoms with Gasteiger partial charge in [-0.15, -0.1) is 0 Å². The van der Waals surface area contributed by atoms with E-state index in [-0.39, 0.29) is 17.4 Å². The topological polar surface area (TPSA) is 45.8 Å². The van der Waals surface area contributed by atoms with Crippen molar-refractivity contribution in [3.63, 3.8) is 0 Å². The van der Waals surface area contributed by atoms with Crippen LogP contribution in [0.25, 0.3) is 11.3 Å². The quantitative estimate of drug-likeness (QED) is 0.478. The Morgan fingerprint density at radius 2 is 1.11 bits per heavy atom. The van der Waals surface area contributed by atoms with Crippen LogP contribution in [0, 0.1) is 0 Å². The summed E-state index contributed by atoms with van der Waals surface area (Å²) in [4.78, 5) is 12.9. The van der Waals surface area contributed by atoms with Crippen LogP contribution >= 0.6 is 0 Å². The Balaban J connectivity index is 1.76. The number of aromatic nitrogens is 2. The molecule has 0 spiro atoms. The standard InChI is InChI=1S/C24H16N2O/c27-24-22-20-17-12-6-4-10-15(17)19(16-11-5-7-13-18(16)20)21(22)23(25-26-24)14-8-2-1-3-9-14/h1-13,19-20H,(H,26,27). The first-order valence-electron chi connectivity index (χ1n) is 9.20. The van der Waals surface area contributed by atoms with E-state index in [9.17, 15) is 4.79 Å². The Bertz CT molecular complexity index is 1210. The maximum atomic E-state index is 12.9. The first-order chi connectivity index (χ1) is 13.3. The van der Waals surface area contributed by atoms with Gasteiger partial charge in [0, 0.05) is 28.5 Å². The van der Waals surface area contributed by atoms with Crippen LogP contribution < -0.4 is 5.56 Å². The molecule has 2 bridgehead atoms. The second kappa shape index (κ2) is 5.27. The molecule has 1 heterocycles. The van der Waals surface area contributed by atoms with E-state index in [1.165, 1.54) is 22.3 Å². The normalized spacial score (nSPS) is 18.5. The van der Waals surface area contributed by atoms with Crippen LogP contribution in [0.3, 0.4) is 0 Å². The first kappa shape index (κ1) is 14.7. The molecule has 128 valence electrons. The second-order valence-electron chi connectivity index (χ2n) is 7.22. The molecule has 4 aromatic rings. The van der Waals surface area contributed by atoms with Crippen LogP contribution in [0.2, 0.25) is 0 Å². The Hall–Kier alpha value is -3.46. The third-order valence-corrected chi connectivity index (χ3v) is 5.92. The summed E-state index contributed by atoms with van der Waals surface area (Å²) in [5.41, 5.74) is 8.81. The van der Waals surface area contributed by atoms with Crippen molar-refractivity contribution in [1.29, 1.82) is 0 Å². The molecule has 3 aliphatic carbocycles. The van der Waals surface area contributed by atoms with Gasteiger partial charge >= 0.3 is 0 Å². The fourth-order valence-corrected chi connectivity index (χ4v) is 4.90. The molecule has 0 atom stereocenters. The molecule has 1 aromatic heterocycles. The highest BCUT2D eigenvalue weighted by atomic mass is 16.1. The summed E-state index contributed by atoms with van der Waals surface area (Å²) in [7, 11) is 0. The SMILES string of the molecule is O=c1[nH]nc(-c2ccccc2)c2c1C1c3ccccc3C2c2ccccc21. The van der Waals surface area contributed by atoms with Crippen molar-refractivity contribution in [3.05, 3.63) is 123 Å². The van der Waals surface area contributed by atoms with Crippen molar-refractivity contribution >= 4 is 0 Å². The fraction of sp³-hybridized carbons (Fsp3) is 0.0833. The highest BCUT2D eigenvalue weighted by Gasteiger charge is 2.44. The zero-order valence-corrected chi connectivity index (χ0v) is 14.5. The highest BCUT2D eigenvalue weighted by Crippen LogP contribution is 2.56. The third-order valence-electron chi connectivity index (χ3n) is 5.92. The predicted octanol–water partition coefficient (Wildman–Crippen LogP) is 4.42. The van der Waals surface area contributed by atoms with E-state index in [1.807, 2.05) is 18.2 Å². The summed E-state index contributed by atoms with van der Waals surface area (Å²) < 4.78 is 0. The molecule has 3 nitrogen and oxygen atoms in total. The van der Waals surface area contributed by atoms with Gasteiger partial charge in [-0.05, 0) is 22.3 Å². The van der Waals surface area contributed by atoms with Crippen LogP contribution in [0.1, 0.15) is 45.2 Å². The average molecular weight is 348 g/mol. The summed E-state index contributed by atoms with van der Waals surface area (Å²) in [6, 6.07) is 27.2. The summed E-state index contributed by atoms with van der Waals surface area (Å²) >= 11 is 0. The van der Waals surface area contributed by atoms with Gasteiger partial charge in [0.25, 0.3) is 5.56 Å². The summed E-state index contributed by atoms with van der Waals surface area (Å²) in [6.45, 7) is 0. The minimum atomic E-state index is -0.0799. The lowest BCUT2D eigenvalue weighted by Gasteiger charge is -2.41. The van der Waals surface area contributed by atoms with E-state index in [0.717, 1.165) is 22.4 Å². The predicted molar refractivity (Wildman–Crippen MR) is 105 cm³/mol. The van der Waals surface area contributed by atoms with Gasteiger partial charge in [-0.3, -0.25) is 4.79 Å². The molecular formula is C24H16N2O. The number of hydrogen-bond acceptors (Lipinski definition) is 2. The van der Waals surface area contributed by atoms with Crippen molar-refractivity contribution < 1.29 is 0 Å². The molecule has 3 heteroatoms. The molecule has 0 fully saturated rings. The molecule has 0 saturated carbocycles. The van der Waals surface area contributed by atoms with Crippen molar-refractivity contribution in [2.45, 2.75) is 11.8 Å². The van der Waals surface area contributed by atoms with Crippen molar-refractivity contribution in [1.82, 2.24) is 10.2 Å². The summed E-state index contributed by atoms with van der Waals surface area (Å²) in [5.74, 6) is 0.00835. The maximum Gasteiger partial charge on any atom is 0.268 e. The average Bonchev–Trinajstić information content (AvgIpc) is 2.74. The Labute approximate surface area is 156 Å². The Kier molecular flexibility index (Phi) is 2.87. The van der Waals surface area contributed by atoms with Crippen molar-refractivity contribution in [2.75, 3.05) is 0 Å². The molecule has 0 unspecified atom stereocenters. The van der Waals surface area contributed by atoms with Gasteiger partial charge in [-0.1, -0.05) is 78.9 Å². The molecule has 7 rings (SSSR count). The van der Waals surface area contributed by atoms with Crippen LogP contribution in [-0.4, -0.2) is 10.2 Å². The van der Waals surface area contributed by atoms with E-state index in [4.69, 9.17) is 0 Å². The van der Waals surface area contributed by atoms with Gasteiger partial charge in [-0.2, -0.15) is 5.10 Å². The van der Waals surface area contributed by atoms with Gasteiger partial charge in [0.05, 0.1) is 5.69 Å². The molecule has 0 radical (unpaired) electrons. The van der Waals surface area contributed by atoms with Crippen molar-refractivity contribution in [3.8, 4) is 11.3 Å². The van der Waals surface area contributed by atoms with E-state index >= 15 is 0 Å². The number of benzene rings is 3. The zero-order valence-electron chi connectivity index (χ0n) is 14.5. The van der Waals surface area contributed by atoms with E-state index in [1.54, 1.807) is 0 Å². The van der Waals surface area contributed by atoms with Gasteiger partial charge in [-0.25, -0.2) is 5.10 Å². The molecule has 27 heavy (non-hydrogen) atoms. The minimum absolute atomic E-state index is 0.0355. The lowest BCUT2D eigenvalue weighted by molar-refractivity contribution is 0.725. The number of hydrogen-bond donors (Lipinski definition) is 1. The van der Waals surface area contributed by atoms with E-state index < -0.39 is 0 Å². The maximum absolute atomic E-state index is 12.9. The molecule has 3 aliphatic rings. The monoisotopic (exact) mass is 348 g/mol. The Morgan fingerprint density at radius 1 is 0.630 bits per heavy atom. The smallest absolute Gasteiger partial charge is 0.268 e. The Morgan fingerprint density at radius 3 is 1.67 bits per heavy atom. The lowest BCUT2D eigenvalue weighted by Crippen LogP contribution is -2.34. The lowest BCUT2D eigenvalue weighted by atomic mass is 9.61. The number of H-pyrrole nitrogens is 1. The fourth-order valence-electron chi connectivity index (χ4n) is 4.90. The second-order valence-corrected chi connectivity index (χ2v) is 7.22. The van der Waals surface area contributed by atoms with E-state index in [2.05, 4.69) is 70.9 Å². The molecule has 0 aliphatic heterocycles. The molecule has 0 saturated heterocycles. The van der Waals surface area contributed by atoms with Gasteiger partial charge in [0.1, 0.15) is 0 Å². The van der Waals surface area contributed by atoms with Crippen LogP contribution in [0.4, 0.5) is 0 Å². The van der Waals surface area contributed by atoms with Crippen LogP contribution in [0.15, 0.2) is 83.7 Å². The summed E-state index contributed by atoms with van der Waals surface area (Å²) in [6.07, 6.45) is 0. The largest absolute Gasteiger partial charge is 0.268 e. The number of nitrogens with zero attached hydrogens (tertiary/aromatic N) is 1. The van der Waals surface area contributed by atoms with Crippen molar-refractivity contribution in [2.24, 2.45) is 0 Å². The first-order valence-corrected chi connectivity index (χ1v) is 9.20. The number of aromatic amines is 1. The third kappa shape index (κ3) is 1.86. The highest BCUT2D eigenvalue weighted by molar-refractivity contribution is 5.75. The molecule has 1 N–H and O–H groups in total. The van der Waals surface area contributed by atoms with Gasteiger partial charge < -0.3 is 0 Å². The zero-order chi connectivity index (χ0) is 18.0. The molecule has 0 amide bonds. The van der Waals surface area contributed by atoms with Crippen LogP contribution in [0.5, 0.6) is 0 Å². The van der Waals surface area contributed by atoms with Gasteiger partial charge in [0.15, 0.2) is 0 Å². The van der Waals surface area contributed by atoms with E-state index in [0.29, 0.717) is 0 Å². The minimum Gasteiger partial charge on any atom is -0.268 e. The summed E-state index contributed by atoms with van der Waals surface area (Å²) in [5, 5.41) is 7.26. The molecular weight excluding hydrogens is 332 g/mol. The van der Waals surface area contributed by atoms with Crippen LogP contribution in [-0.2, 0) is 0 Å². The molecule has 3 aromatic carbocycles. The number of rotatable bonds is 1. The number of nitrogens with one attached hydrogen (secondary N) is 1.